The van der Waals surface area contributed by atoms with Gasteiger partial charge in [-0.2, -0.15) is 23.1 Å². The minimum absolute atomic E-state index is 0.224. The molecule has 4 nitrogen and oxygen atoms in total. The van der Waals surface area contributed by atoms with Crippen molar-refractivity contribution in [3.05, 3.63) is 22.4 Å². The highest BCUT2D eigenvalue weighted by Crippen LogP contribution is 2.19. The molecule has 1 aromatic rings. The van der Waals surface area contributed by atoms with Crippen molar-refractivity contribution >= 4 is 29.1 Å². The highest BCUT2D eigenvalue weighted by Gasteiger charge is 2.21. The fourth-order valence-corrected chi connectivity index (χ4v) is 3.51. The molecular formula is C17H30N4S2. The maximum absolute atomic E-state index is 4.37. The van der Waals surface area contributed by atoms with Crippen LogP contribution in [0.25, 0.3) is 0 Å². The lowest BCUT2D eigenvalue weighted by Gasteiger charge is -2.33. The Labute approximate surface area is 149 Å². The molecule has 130 valence electrons. The Hall–Kier alpha value is -0.720. The van der Waals surface area contributed by atoms with Gasteiger partial charge in [0.1, 0.15) is 0 Å². The van der Waals surface area contributed by atoms with Crippen molar-refractivity contribution in [3.63, 3.8) is 0 Å². The van der Waals surface area contributed by atoms with Gasteiger partial charge in [0.05, 0.1) is 0 Å². The van der Waals surface area contributed by atoms with E-state index in [-0.39, 0.29) is 4.75 Å². The molecule has 0 aliphatic carbocycles. The van der Waals surface area contributed by atoms with Crippen LogP contribution in [-0.2, 0) is 6.54 Å². The van der Waals surface area contributed by atoms with E-state index in [9.17, 15) is 0 Å². The lowest BCUT2D eigenvalue weighted by atomic mass is 10.0. The molecule has 1 saturated heterocycles. The van der Waals surface area contributed by atoms with E-state index in [4.69, 9.17) is 0 Å². The van der Waals surface area contributed by atoms with Gasteiger partial charge in [-0.25, -0.2) is 0 Å². The number of rotatable bonds is 6. The van der Waals surface area contributed by atoms with Gasteiger partial charge in [-0.15, -0.1) is 0 Å². The highest BCUT2D eigenvalue weighted by molar-refractivity contribution is 7.99. The van der Waals surface area contributed by atoms with Gasteiger partial charge in [-0.3, -0.25) is 9.89 Å². The van der Waals surface area contributed by atoms with Crippen LogP contribution in [0.15, 0.2) is 21.8 Å². The fraction of sp³-hybridized carbons (Fsp3) is 0.706. The maximum Gasteiger partial charge on any atom is 0.191 e. The van der Waals surface area contributed by atoms with Gasteiger partial charge in [-0.1, -0.05) is 0 Å². The molecule has 1 aliphatic rings. The van der Waals surface area contributed by atoms with E-state index in [2.05, 4.69) is 57.5 Å². The zero-order valence-electron chi connectivity index (χ0n) is 14.8. The monoisotopic (exact) mass is 354 g/mol. The average molecular weight is 355 g/mol. The Kier molecular flexibility index (Phi) is 7.24. The van der Waals surface area contributed by atoms with Gasteiger partial charge in [-0.05, 0) is 55.3 Å². The van der Waals surface area contributed by atoms with E-state index < -0.39 is 0 Å². The second-order valence-electron chi connectivity index (χ2n) is 6.72. The Balaban J connectivity index is 1.72. The smallest absolute Gasteiger partial charge is 0.191 e. The van der Waals surface area contributed by atoms with Crippen LogP contribution in [0.1, 0.15) is 32.3 Å². The lowest BCUT2D eigenvalue weighted by molar-refractivity contribution is 0.198. The van der Waals surface area contributed by atoms with Crippen LogP contribution in [0.2, 0.25) is 0 Å². The van der Waals surface area contributed by atoms with Gasteiger partial charge >= 0.3 is 0 Å². The number of piperidine rings is 1. The number of nitrogens with one attached hydrogen (secondary N) is 2. The summed E-state index contributed by atoms with van der Waals surface area (Å²) in [5.74, 6) is 0.934. The van der Waals surface area contributed by atoms with E-state index in [0.717, 1.165) is 32.1 Å². The molecule has 0 aromatic carbocycles. The molecular weight excluding hydrogens is 324 g/mol. The number of guanidine groups is 1. The van der Waals surface area contributed by atoms with Gasteiger partial charge < -0.3 is 10.6 Å². The number of aliphatic imine (C=N–C) groups is 1. The first-order valence-corrected chi connectivity index (χ1v) is 10.4. The summed E-state index contributed by atoms with van der Waals surface area (Å²) in [5, 5.41) is 11.5. The van der Waals surface area contributed by atoms with E-state index in [1.54, 1.807) is 11.3 Å². The van der Waals surface area contributed by atoms with E-state index in [1.807, 2.05) is 18.8 Å². The zero-order chi connectivity index (χ0) is 16.7. The van der Waals surface area contributed by atoms with Crippen LogP contribution in [0, 0.1) is 0 Å². The first kappa shape index (κ1) is 18.6. The molecule has 1 fully saturated rings. The minimum Gasteiger partial charge on any atom is -0.355 e. The van der Waals surface area contributed by atoms with Crippen molar-refractivity contribution < 1.29 is 0 Å². The zero-order valence-corrected chi connectivity index (χ0v) is 16.4. The van der Waals surface area contributed by atoms with Gasteiger partial charge in [0.2, 0.25) is 0 Å². The Bertz CT molecular complexity index is 477. The Morgan fingerprint density at radius 3 is 2.74 bits per heavy atom. The topological polar surface area (TPSA) is 39.7 Å². The van der Waals surface area contributed by atoms with Crippen molar-refractivity contribution in [2.45, 2.75) is 44.0 Å². The maximum atomic E-state index is 4.37. The quantitative estimate of drug-likeness (QED) is 0.608. The van der Waals surface area contributed by atoms with Crippen LogP contribution in [0.3, 0.4) is 0 Å². The standard InChI is InChI=1S/C17H30N4S2/c1-17(2,22-4)13-19-16(18-3)20-15-5-8-21(9-6-15)11-14-7-10-23-12-14/h7,10,12,15H,5-6,8-9,11,13H2,1-4H3,(H2,18,19,20). The van der Waals surface area contributed by atoms with Gasteiger partial charge in [0.15, 0.2) is 5.96 Å². The van der Waals surface area contributed by atoms with E-state index in [1.165, 1.54) is 18.4 Å². The largest absolute Gasteiger partial charge is 0.355 e. The van der Waals surface area contributed by atoms with E-state index in [0.29, 0.717) is 6.04 Å². The van der Waals surface area contributed by atoms with Crippen LogP contribution in [-0.4, -0.2) is 54.6 Å². The molecule has 0 amide bonds. The third kappa shape index (κ3) is 6.36. The average Bonchev–Trinajstić information content (AvgIpc) is 3.06. The molecule has 0 radical (unpaired) electrons. The number of thiophene rings is 1. The predicted molar refractivity (Wildman–Crippen MR) is 105 cm³/mol. The second-order valence-corrected chi connectivity index (χ2v) is 9.01. The number of likely N-dealkylation sites (tertiary alicyclic amines) is 1. The Morgan fingerprint density at radius 1 is 1.43 bits per heavy atom. The lowest BCUT2D eigenvalue weighted by Crippen LogP contribution is -2.50. The van der Waals surface area contributed by atoms with Crippen molar-refractivity contribution in [3.8, 4) is 0 Å². The van der Waals surface area contributed by atoms with Crippen molar-refractivity contribution in [2.24, 2.45) is 4.99 Å². The van der Waals surface area contributed by atoms with Crippen LogP contribution in [0.5, 0.6) is 0 Å². The SMILES string of the molecule is CN=C(NCC(C)(C)SC)NC1CCN(Cc2ccsc2)CC1. The number of hydrogen-bond acceptors (Lipinski definition) is 4. The van der Waals surface area contributed by atoms with Crippen LogP contribution >= 0.6 is 23.1 Å². The molecule has 0 saturated carbocycles. The van der Waals surface area contributed by atoms with Crippen LogP contribution in [0.4, 0.5) is 0 Å². The first-order valence-electron chi connectivity index (χ1n) is 8.28. The molecule has 2 rings (SSSR count). The molecule has 2 N–H and O–H groups in total. The molecule has 0 atom stereocenters. The molecule has 0 bridgehead atoms. The number of hydrogen-bond donors (Lipinski definition) is 2. The molecule has 6 heteroatoms. The van der Waals surface area contributed by atoms with Crippen molar-refractivity contribution in [1.82, 2.24) is 15.5 Å². The summed E-state index contributed by atoms with van der Waals surface area (Å²) in [6.07, 6.45) is 4.51. The summed E-state index contributed by atoms with van der Waals surface area (Å²) in [4.78, 5) is 6.92. The van der Waals surface area contributed by atoms with Gasteiger partial charge in [0.25, 0.3) is 0 Å². The molecule has 1 aliphatic heterocycles. The fourth-order valence-electron chi connectivity index (χ4n) is 2.63. The molecule has 1 aromatic heterocycles. The summed E-state index contributed by atoms with van der Waals surface area (Å²) in [5.41, 5.74) is 1.44. The van der Waals surface area contributed by atoms with E-state index >= 15 is 0 Å². The summed E-state index contributed by atoms with van der Waals surface area (Å²) < 4.78 is 0.224. The molecule has 23 heavy (non-hydrogen) atoms. The second kappa shape index (κ2) is 8.94. The van der Waals surface area contributed by atoms with Crippen molar-refractivity contribution in [1.29, 1.82) is 0 Å². The summed E-state index contributed by atoms with van der Waals surface area (Å²) in [7, 11) is 1.85. The minimum atomic E-state index is 0.224. The summed E-state index contributed by atoms with van der Waals surface area (Å²) >= 11 is 3.66. The summed E-state index contributed by atoms with van der Waals surface area (Å²) in [6.45, 7) is 8.82. The number of nitrogens with zero attached hydrogens (tertiary/aromatic N) is 2. The molecule has 2 heterocycles. The van der Waals surface area contributed by atoms with Crippen LogP contribution < -0.4 is 10.6 Å². The third-order valence-corrected chi connectivity index (χ3v) is 6.35. The summed E-state index contributed by atoms with van der Waals surface area (Å²) in [6, 6.07) is 2.76. The number of thioether (sulfide) groups is 1. The predicted octanol–water partition coefficient (Wildman–Crippen LogP) is 3.02. The first-order chi connectivity index (χ1) is 11.0. The van der Waals surface area contributed by atoms with Crippen molar-refractivity contribution in [2.75, 3.05) is 32.9 Å². The normalized spacial score (nSPS) is 18.2. The highest BCUT2D eigenvalue weighted by atomic mass is 32.2. The third-order valence-electron chi connectivity index (χ3n) is 4.37. The molecule has 0 unspecified atom stereocenters. The van der Waals surface area contributed by atoms with Gasteiger partial charge in [0, 0.05) is 44.0 Å². The Morgan fingerprint density at radius 2 is 2.17 bits per heavy atom. The molecule has 0 spiro atoms.